The molecule has 0 atom stereocenters. The third kappa shape index (κ3) is 8.16. The molecule has 0 unspecified atom stereocenters. The van der Waals surface area contributed by atoms with E-state index in [4.69, 9.17) is 10.8 Å². The van der Waals surface area contributed by atoms with Gasteiger partial charge in [-0.25, -0.2) is 9.79 Å². The van der Waals surface area contributed by atoms with Crippen LogP contribution in [0.5, 0.6) is 0 Å². The maximum atomic E-state index is 13.2. The second kappa shape index (κ2) is 13.8. The minimum atomic E-state index is -1.17. The molecule has 0 fully saturated rings. The summed E-state index contributed by atoms with van der Waals surface area (Å²) in [5.41, 5.74) is 8.94. The molecule has 1 aliphatic heterocycles. The number of aliphatic imine (C=N–C) groups is 1. The summed E-state index contributed by atoms with van der Waals surface area (Å²) in [6.07, 6.45) is 2.55. The highest BCUT2D eigenvalue weighted by Crippen LogP contribution is 2.29. The number of carbonyl (C=O) groups is 4. The fourth-order valence-electron chi connectivity index (χ4n) is 4.12. The number of nitrogens with two attached hydrogens (primary N) is 1. The first-order valence-corrected chi connectivity index (χ1v) is 12.8. The maximum absolute atomic E-state index is 13.2. The fourth-order valence-corrected chi connectivity index (χ4v) is 4.12. The zero-order valence-corrected chi connectivity index (χ0v) is 22.1. The van der Waals surface area contributed by atoms with Crippen molar-refractivity contribution in [2.75, 3.05) is 31.5 Å². The van der Waals surface area contributed by atoms with Gasteiger partial charge < -0.3 is 31.7 Å². The third-order valence-corrected chi connectivity index (χ3v) is 5.88. The summed E-state index contributed by atoms with van der Waals surface area (Å²) in [7, 11) is 0. The van der Waals surface area contributed by atoms with E-state index in [0.29, 0.717) is 46.7 Å². The van der Waals surface area contributed by atoms with Gasteiger partial charge in [-0.3, -0.25) is 14.4 Å². The maximum Gasteiger partial charge on any atom is 0.404 e. The van der Waals surface area contributed by atoms with Crippen LogP contribution in [-0.4, -0.2) is 65.8 Å². The van der Waals surface area contributed by atoms with Crippen LogP contribution in [0.2, 0.25) is 0 Å². The molecule has 0 spiro atoms. The Kier molecular flexibility index (Phi) is 10.2. The Morgan fingerprint density at radius 3 is 2.33 bits per heavy atom. The van der Waals surface area contributed by atoms with Crippen LogP contribution in [0.4, 0.5) is 16.2 Å². The lowest BCUT2D eigenvalue weighted by atomic mass is 10.0. The summed E-state index contributed by atoms with van der Waals surface area (Å²) >= 11 is 0. The van der Waals surface area contributed by atoms with E-state index in [-0.39, 0.29) is 31.3 Å². The minimum absolute atomic E-state index is 0.0615. The molecule has 0 radical (unpaired) electrons. The standard InChI is InChI=1S/C28H34N6O5/c1-3-12-34(13-4-2)27(37)21-14-18-8-9-20(16-23(18)33-24(29)17-21)26(36)32-22-7-5-6-19(15-22)25(35)30-10-11-31-28(38)39/h5-9,14-16,31H,3-4,10-13,17H2,1-2H3,(H2,29,33)(H,30,35)(H,32,36)(H,38,39). The van der Waals surface area contributed by atoms with Crippen molar-refractivity contribution in [3.8, 4) is 0 Å². The topological polar surface area (TPSA) is 166 Å². The van der Waals surface area contributed by atoms with E-state index < -0.39 is 17.9 Å². The Balaban J connectivity index is 1.74. The molecule has 0 saturated heterocycles. The van der Waals surface area contributed by atoms with Gasteiger partial charge in [-0.05, 0) is 49.2 Å². The van der Waals surface area contributed by atoms with Crippen LogP contribution in [0.25, 0.3) is 6.08 Å². The van der Waals surface area contributed by atoms with Gasteiger partial charge in [-0.2, -0.15) is 0 Å². The van der Waals surface area contributed by atoms with Gasteiger partial charge in [0.1, 0.15) is 5.84 Å². The molecule has 39 heavy (non-hydrogen) atoms. The van der Waals surface area contributed by atoms with Crippen molar-refractivity contribution in [3.63, 3.8) is 0 Å². The highest BCUT2D eigenvalue weighted by molar-refractivity contribution is 6.08. The Bertz CT molecular complexity index is 1300. The molecule has 206 valence electrons. The smallest absolute Gasteiger partial charge is 0.404 e. The molecular weight excluding hydrogens is 500 g/mol. The molecule has 0 aliphatic carbocycles. The average Bonchev–Trinajstić information content (AvgIpc) is 3.07. The number of fused-ring (bicyclic) bond motifs is 1. The highest BCUT2D eigenvalue weighted by atomic mass is 16.4. The molecule has 3 rings (SSSR count). The van der Waals surface area contributed by atoms with Gasteiger partial charge in [0.2, 0.25) is 5.91 Å². The van der Waals surface area contributed by atoms with E-state index in [2.05, 4.69) is 20.9 Å². The molecule has 0 bridgehead atoms. The molecule has 11 nitrogen and oxygen atoms in total. The number of rotatable bonds is 11. The van der Waals surface area contributed by atoms with Gasteiger partial charge in [0.15, 0.2) is 0 Å². The van der Waals surface area contributed by atoms with Crippen molar-refractivity contribution in [3.05, 3.63) is 64.7 Å². The van der Waals surface area contributed by atoms with E-state index in [9.17, 15) is 19.2 Å². The van der Waals surface area contributed by atoms with Crippen LogP contribution in [0.3, 0.4) is 0 Å². The summed E-state index contributed by atoms with van der Waals surface area (Å²) in [6.45, 7) is 5.59. The summed E-state index contributed by atoms with van der Waals surface area (Å²) in [5, 5.41) is 16.1. The lowest BCUT2D eigenvalue weighted by Gasteiger charge is -2.22. The zero-order valence-electron chi connectivity index (χ0n) is 22.1. The Labute approximate surface area is 227 Å². The lowest BCUT2D eigenvalue weighted by molar-refractivity contribution is -0.127. The summed E-state index contributed by atoms with van der Waals surface area (Å²) in [5.74, 6) is -0.581. The Hall–Kier alpha value is -4.67. The van der Waals surface area contributed by atoms with Crippen LogP contribution in [0.15, 0.2) is 53.0 Å². The zero-order chi connectivity index (χ0) is 28.4. The number of nitrogens with zero attached hydrogens (tertiary/aromatic N) is 2. The molecule has 1 aliphatic rings. The first-order valence-electron chi connectivity index (χ1n) is 12.8. The number of hydrogen-bond acceptors (Lipinski definition) is 6. The first kappa shape index (κ1) is 28.9. The predicted molar refractivity (Wildman–Crippen MR) is 150 cm³/mol. The van der Waals surface area contributed by atoms with Crippen LogP contribution in [0, 0.1) is 0 Å². The van der Waals surface area contributed by atoms with Crippen LogP contribution in [-0.2, 0) is 4.79 Å². The van der Waals surface area contributed by atoms with E-state index in [0.717, 1.165) is 12.8 Å². The van der Waals surface area contributed by atoms with Gasteiger partial charge in [-0.1, -0.05) is 26.0 Å². The molecule has 0 saturated carbocycles. The predicted octanol–water partition coefficient (Wildman–Crippen LogP) is 3.36. The number of benzene rings is 2. The molecule has 0 aromatic heterocycles. The fraction of sp³-hybridized carbons (Fsp3) is 0.321. The van der Waals surface area contributed by atoms with Crippen molar-refractivity contribution in [2.45, 2.75) is 33.1 Å². The van der Waals surface area contributed by atoms with Crippen molar-refractivity contribution in [1.82, 2.24) is 15.5 Å². The second-order valence-electron chi connectivity index (χ2n) is 9.04. The average molecular weight is 535 g/mol. The quantitative estimate of drug-likeness (QED) is 0.277. The van der Waals surface area contributed by atoms with Crippen LogP contribution < -0.4 is 21.7 Å². The number of carboxylic acid groups (broad SMARTS) is 1. The van der Waals surface area contributed by atoms with E-state index in [1.165, 1.54) is 6.07 Å². The van der Waals surface area contributed by atoms with Crippen LogP contribution in [0.1, 0.15) is 59.4 Å². The summed E-state index contributed by atoms with van der Waals surface area (Å²) in [4.78, 5) is 55.3. The number of amides is 4. The van der Waals surface area contributed by atoms with E-state index in [1.54, 1.807) is 42.5 Å². The molecule has 6 N–H and O–H groups in total. The number of hydrogen-bond donors (Lipinski definition) is 5. The highest BCUT2D eigenvalue weighted by Gasteiger charge is 2.21. The Morgan fingerprint density at radius 1 is 0.949 bits per heavy atom. The number of carbonyl (C=O) groups excluding carboxylic acids is 3. The largest absolute Gasteiger partial charge is 0.465 e. The Morgan fingerprint density at radius 2 is 1.64 bits per heavy atom. The number of amidine groups is 1. The van der Waals surface area contributed by atoms with Gasteiger partial charge in [-0.15, -0.1) is 0 Å². The molecular formula is C28H34N6O5. The van der Waals surface area contributed by atoms with Gasteiger partial charge in [0.05, 0.1) is 5.69 Å². The van der Waals surface area contributed by atoms with Gasteiger partial charge in [0, 0.05) is 60.6 Å². The van der Waals surface area contributed by atoms with Gasteiger partial charge >= 0.3 is 6.09 Å². The van der Waals surface area contributed by atoms with Crippen molar-refractivity contribution in [2.24, 2.45) is 10.7 Å². The number of nitrogens with one attached hydrogen (secondary N) is 3. The monoisotopic (exact) mass is 534 g/mol. The summed E-state index contributed by atoms with van der Waals surface area (Å²) < 4.78 is 0. The molecule has 2 aromatic carbocycles. The van der Waals surface area contributed by atoms with E-state index >= 15 is 0 Å². The lowest BCUT2D eigenvalue weighted by Crippen LogP contribution is -2.34. The number of anilines is 1. The second-order valence-corrected chi connectivity index (χ2v) is 9.04. The molecule has 11 heteroatoms. The molecule has 4 amide bonds. The summed E-state index contributed by atoms with van der Waals surface area (Å²) in [6, 6.07) is 11.4. The van der Waals surface area contributed by atoms with Crippen molar-refractivity contribution < 1.29 is 24.3 Å². The third-order valence-electron chi connectivity index (χ3n) is 5.88. The van der Waals surface area contributed by atoms with Gasteiger partial charge in [0.25, 0.3) is 11.8 Å². The normalized spacial score (nSPS) is 12.3. The molecule has 2 aromatic rings. The van der Waals surface area contributed by atoms with Crippen molar-refractivity contribution >= 4 is 47.1 Å². The van der Waals surface area contributed by atoms with Crippen LogP contribution >= 0.6 is 0 Å². The minimum Gasteiger partial charge on any atom is -0.465 e. The van der Waals surface area contributed by atoms with Crippen molar-refractivity contribution in [1.29, 1.82) is 0 Å². The van der Waals surface area contributed by atoms with E-state index in [1.807, 2.05) is 18.7 Å². The first-order chi connectivity index (χ1) is 18.7. The SMILES string of the molecule is CCCN(CCC)C(=O)C1=Cc2ccc(C(=O)Nc3cccc(C(=O)NCCNC(=O)O)c3)cc2N=C(N)C1. The molecule has 1 heterocycles.